The third-order valence-electron chi connectivity index (χ3n) is 3.73. The maximum atomic E-state index is 2.35. The minimum Gasteiger partial charge on any atom is -0.0845 e. The molecule has 2 aliphatic rings. The molecule has 3 rings (SSSR count). The Morgan fingerprint density at radius 2 is 1.94 bits per heavy atom. The monoisotopic (exact) mass is 281 g/mol. The Morgan fingerprint density at radius 3 is 2.89 bits per heavy atom. The molecule has 0 amide bonds. The molecule has 0 spiro atoms. The van der Waals surface area contributed by atoms with Crippen LogP contribution in [-0.4, -0.2) is 0 Å². The zero-order valence-corrected chi connectivity index (χ0v) is 11.5. The number of fused-ring (bicyclic) bond motifs is 1. The predicted octanol–water partition coefficient (Wildman–Crippen LogP) is 4.85. The Morgan fingerprint density at radius 1 is 1.06 bits per heavy atom. The van der Waals surface area contributed by atoms with E-state index in [4.69, 9.17) is 0 Å². The molecule has 0 saturated carbocycles. The fourth-order valence-electron chi connectivity index (χ4n) is 2.79. The van der Waals surface area contributed by atoms with Crippen LogP contribution in [0.1, 0.15) is 42.7 Å². The van der Waals surface area contributed by atoms with Crippen LogP contribution >= 0.6 is 0 Å². The van der Waals surface area contributed by atoms with E-state index < -0.39 is 0 Å². The summed E-state index contributed by atoms with van der Waals surface area (Å²) >= 11 is 0. The van der Waals surface area contributed by atoms with Crippen molar-refractivity contribution >= 4 is 6.08 Å². The second-order valence-electron chi connectivity index (χ2n) is 4.88. The minimum absolute atomic E-state index is 0. The maximum Gasteiger partial charge on any atom is 0.0240 e. The van der Waals surface area contributed by atoms with E-state index in [1.54, 1.807) is 5.57 Å². The number of hydrogen-bond acceptors (Lipinski definition) is 0. The van der Waals surface area contributed by atoms with Crippen molar-refractivity contribution in [3.05, 3.63) is 65.3 Å². The van der Waals surface area contributed by atoms with Gasteiger partial charge in [0.15, 0.2) is 0 Å². The summed E-state index contributed by atoms with van der Waals surface area (Å²) in [7, 11) is 0. The van der Waals surface area contributed by atoms with Crippen molar-refractivity contribution in [2.24, 2.45) is 0 Å². The molecule has 0 nitrogen and oxygen atoms in total. The van der Waals surface area contributed by atoms with E-state index in [0.717, 1.165) is 0 Å². The Labute approximate surface area is 120 Å². The van der Waals surface area contributed by atoms with E-state index in [1.807, 2.05) is 0 Å². The number of allylic oxidation sites excluding steroid dienone is 5. The smallest absolute Gasteiger partial charge is 0.0240 e. The molecule has 0 saturated heterocycles. The van der Waals surface area contributed by atoms with Gasteiger partial charge in [-0.05, 0) is 36.8 Å². The van der Waals surface area contributed by atoms with Gasteiger partial charge in [0.05, 0.1) is 0 Å². The van der Waals surface area contributed by atoms with Crippen LogP contribution in [0.15, 0.2) is 54.1 Å². The van der Waals surface area contributed by atoms with Crippen molar-refractivity contribution in [2.75, 3.05) is 0 Å². The standard InChI is InChI=1S/C17H18.Co/c1-2-4-8-14(9-5-3-1)17-13-12-15-10-6-7-11-16(15)17;/h2,4,6-8,10-13,17H,1,3,5,9H2;. The first kappa shape index (κ1) is 13.4. The Kier molecular flexibility index (Phi) is 4.62. The van der Waals surface area contributed by atoms with Gasteiger partial charge in [0, 0.05) is 22.7 Å². The molecule has 0 aromatic heterocycles. The molecule has 1 radical (unpaired) electrons. The van der Waals surface area contributed by atoms with Crippen molar-refractivity contribution in [2.45, 2.75) is 31.6 Å². The molecule has 95 valence electrons. The number of benzene rings is 1. The molecule has 18 heavy (non-hydrogen) atoms. The molecule has 1 heteroatoms. The fraction of sp³-hybridized carbons (Fsp3) is 0.294. The molecular weight excluding hydrogens is 263 g/mol. The first-order chi connectivity index (χ1) is 8.45. The second kappa shape index (κ2) is 6.21. The van der Waals surface area contributed by atoms with Crippen molar-refractivity contribution in [3.63, 3.8) is 0 Å². The first-order valence-electron chi connectivity index (χ1n) is 6.58. The molecule has 0 bridgehead atoms. The van der Waals surface area contributed by atoms with Crippen molar-refractivity contribution in [3.8, 4) is 0 Å². The molecule has 2 aliphatic carbocycles. The van der Waals surface area contributed by atoms with Crippen molar-refractivity contribution in [1.82, 2.24) is 0 Å². The number of hydrogen-bond donors (Lipinski definition) is 0. The summed E-state index contributed by atoms with van der Waals surface area (Å²) in [5.74, 6) is 0.522. The molecule has 0 N–H and O–H groups in total. The van der Waals surface area contributed by atoms with Gasteiger partial charge >= 0.3 is 0 Å². The maximum absolute atomic E-state index is 2.35. The van der Waals surface area contributed by atoms with Crippen LogP contribution < -0.4 is 0 Å². The summed E-state index contributed by atoms with van der Waals surface area (Å²) < 4.78 is 0. The van der Waals surface area contributed by atoms with Gasteiger partial charge in [0.1, 0.15) is 0 Å². The SMILES string of the molecule is C1=CCCCCC(C2C=Cc3ccccc32)=C1.[Co]. The summed E-state index contributed by atoms with van der Waals surface area (Å²) in [5.41, 5.74) is 4.44. The van der Waals surface area contributed by atoms with E-state index in [2.05, 4.69) is 54.6 Å². The van der Waals surface area contributed by atoms with E-state index in [0.29, 0.717) is 5.92 Å². The minimum atomic E-state index is 0. The summed E-state index contributed by atoms with van der Waals surface area (Å²) in [4.78, 5) is 0. The van der Waals surface area contributed by atoms with Crippen LogP contribution in [0.2, 0.25) is 0 Å². The van der Waals surface area contributed by atoms with Crippen LogP contribution in [0, 0.1) is 0 Å². The van der Waals surface area contributed by atoms with Crippen LogP contribution in [0.25, 0.3) is 6.08 Å². The van der Waals surface area contributed by atoms with Crippen LogP contribution in [-0.2, 0) is 16.8 Å². The van der Waals surface area contributed by atoms with E-state index in [1.165, 1.54) is 36.8 Å². The third kappa shape index (κ3) is 2.68. The zero-order chi connectivity index (χ0) is 11.5. The van der Waals surface area contributed by atoms with Gasteiger partial charge in [0.2, 0.25) is 0 Å². The molecule has 1 aromatic rings. The van der Waals surface area contributed by atoms with E-state index >= 15 is 0 Å². The van der Waals surface area contributed by atoms with Crippen molar-refractivity contribution in [1.29, 1.82) is 0 Å². The molecule has 1 unspecified atom stereocenters. The Balaban J connectivity index is 0.00000120. The molecule has 0 fully saturated rings. The largest absolute Gasteiger partial charge is 0.0845 e. The fourth-order valence-corrected chi connectivity index (χ4v) is 2.79. The number of rotatable bonds is 1. The van der Waals surface area contributed by atoms with Crippen LogP contribution in [0.3, 0.4) is 0 Å². The van der Waals surface area contributed by atoms with Gasteiger partial charge in [-0.25, -0.2) is 0 Å². The third-order valence-corrected chi connectivity index (χ3v) is 3.73. The molecule has 0 aliphatic heterocycles. The van der Waals surface area contributed by atoms with Gasteiger partial charge in [-0.3, -0.25) is 0 Å². The summed E-state index contributed by atoms with van der Waals surface area (Å²) in [5, 5.41) is 0. The quantitative estimate of drug-likeness (QED) is 0.690. The predicted molar refractivity (Wildman–Crippen MR) is 73.9 cm³/mol. The Bertz CT molecular complexity index is 494. The summed E-state index contributed by atoms with van der Waals surface area (Å²) in [6.07, 6.45) is 16.6. The molecular formula is C17H18Co. The van der Waals surface area contributed by atoms with Crippen molar-refractivity contribution < 1.29 is 16.8 Å². The van der Waals surface area contributed by atoms with E-state index in [-0.39, 0.29) is 16.8 Å². The topological polar surface area (TPSA) is 0 Å². The van der Waals surface area contributed by atoms with E-state index in [9.17, 15) is 0 Å². The van der Waals surface area contributed by atoms with Crippen LogP contribution in [0.5, 0.6) is 0 Å². The molecule has 1 aromatic carbocycles. The van der Waals surface area contributed by atoms with Gasteiger partial charge in [-0.15, -0.1) is 0 Å². The van der Waals surface area contributed by atoms with Gasteiger partial charge in [-0.2, -0.15) is 0 Å². The Hall–Kier alpha value is -1.05. The zero-order valence-electron chi connectivity index (χ0n) is 10.4. The average Bonchev–Trinajstić information content (AvgIpc) is 2.73. The van der Waals surface area contributed by atoms with Gasteiger partial charge in [0.25, 0.3) is 0 Å². The van der Waals surface area contributed by atoms with Gasteiger partial charge in [-0.1, -0.05) is 60.2 Å². The second-order valence-corrected chi connectivity index (χ2v) is 4.88. The summed E-state index contributed by atoms with van der Waals surface area (Å²) in [6.45, 7) is 0. The summed E-state index contributed by atoms with van der Waals surface area (Å²) in [6, 6.07) is 8.75. The van der Waals surface area contributed by atoms with Gasteiger partial charge < -0.3 is 0 Å². The first-order valence-corrected chi connectivity index (χ1v) is 6.58. The normalized spacial score (nSPS) is 21.6. The molecule has 0 heterocycles. The average molecular weight is 281 g/mol. The van der Waals surface area contributed by atoms with Crippen LogP contribution in [0.4, 0.5) is 0 Å². The molecule has 1 atom stereocenters.